The summed E-state index contributed by atoms with van der Waals surface area (Å²) in [5.74, 6) is -0.700. The van der Waals surface area contributed by atoms with Gasteiger partial charge >= 0.3 is 5.97 Å². The highest BCUT2D eigenvalue weighted by Gasteiger charge is 2.22. The van der Waals surface area contributed by atoms with E-state index >= 15 is 0 Å². The lowest BCUT2D eigenvalue weighted by atomic mass is 10.3. The van der Waals surface area contributed by atoms with Crippen LogP contribution in [-0.2, 0) is 14.3 Å². The number of nitrogens with zero attached hydrogens (tertiary/aromatic N) is 1. The first-order valence-electron chi connectivity index (χ1n) is 4.45. The molecule has 1 aliphatic heterocycles. The molecule has 1 aliphatic rings. The van der Waals surface area contributed by atoms with Crippen LogP contribution < -0.4 is 5.73 Å². The van der Waals surface area contributed by atoms with Gasteiger partial charge in [-0.3, -0.25) is 14.5 Å². The van der Waals surface area contributed by atoms with Crippen molar-refractivity contribution in [2.24, 2.45) is 5.73 Å². The first-order chi connectivity index (χ1) is 6.58. The van der Waals surface area contributed by atoms with E-state index in [1.54, 1.807) is 6.08 Å². The molecule has 0 radical (unpaired) electrons. The molecule has 5 nitrogen and oxygen atoms in total. The van der Waals surface area contributed by atoms with E-state index in [2.05, 4.69) is 0 Å². The zero-order valence-electron chi connectivity index (χ0n) is 8.10. The third kappa shape index (κ3) is 3.57. The second kappa shape index (κ2) is 4.76. The number of hydrogen-bond donors (Lipinski definition) is 1. The summed E-state index contributed by atoms with van der Waals surface area (Å²) in [5, 5.41) is 0. The van der Waals surface area contributed by atoms with Crippen LogP contribution in [0.4, 0.5) is 0 Å². The third-order valence-corrected chi connectivity index (χ3v) is 1.85. The Hall–Kier alpha value is -1.36. The molecule has 0 aromatic carbocycles. The van der Waals surface area contributed by atoms with Gasteiger partial charge < -0.3 is 10.5 Å². The average molecular weight is 198 g/mol. The molecule has 1 atom stereocenters. The molecule has 1 rings (SSSR count). The molecular weight excluding hydrogens is 184 g/mol. The van der Waals surface area contributed by atoms with Gasteiger partial charge in [0.1, 0.15) is 6.10 Å². The smallest absolute Gasteiger partial charge is 0.320 e. The topological polar surface area (TPSA) is 72.6 Å². The lowest BCUT2D eigenvalue weighted by Gasteiger charge is -2.29. The highest BCUT2D eigenvalue weighted by Crippen LogP contribution is 2.04. The lowest BCUT2D eigenvalue weighted by molar-refractivity contribution is -0.156. The fourth-order valence-electron chi connectivity index (χ4n) is 1.37. The van der Waals surface area contributed by atoms with E-state index in [0.717, 1.165) is 0 Å². The minimum absolute atomic E-state index is 0.0850. The normalized spacial score (nSPS) is 23.8. The lowest BCUT2D eigenvalue weighted by Crippen LogP contribution is -2.44. The highest BCUT2D eigenvalue weighted by molar-refractivity contribution is 5.85. The van der Waals surface area contributed by atoms with E-state index in [0.29, 0.717) is 13.1 Å². The van der Waals surface area contributed by atoms with Crippen molar-refractivity contribution < 1.29 is 14.3 Å². The molecule has 1 heterocycles. The Morgan fingerprint density at radius 3 is 3.07 bits per heavy atom. The van der Waals surface area contributed by atoms with E-state index in [1.165, 1.54) is 6.08 Å². The number of primary amides is 1. The Bertz CT molecular complexity index is 263. The third-order valence-electron chi connectivity index (χ3n) is 1.85. The Labute approximate surface area is 82.5 Å². The Morgan fingerprint density at radius 1 is 1.79 bits per heavy atom. The monoisotopic (exact) mass is 198 g/mol. The number of carbonyl (C=O) groups excluding carboxylic acids is 2. The molecule has 1 amide bonds. The standard InChI is InChI=1S/C9H14N2O3/c1-7-5-11(6-9(13)14-7)4-2-3-8(10)12/h2-3,7H,4-6H2,1H3,(H2,10,12)/t7-/m1/s1. The second-order valence-electron chi connectivity index (χ2n) is 3.30. The zero-order valence-corrected chi connectivity index (χ0v) is 8.10. The van der Waals surface area contributed by atoms with Gasteiger partial charge in [0.15, 0.2) is 0 Å². The molecule has 78 valence electrons. The van der Waals surface area contributed by atoms with Crippen LogP contribution in [0.25, 0.3) is 0 Å². The maximum atomic E-state index is 11.0. The number of esters is 1. The van der Waals surface area contributed by atoms with Gasteiger partial charge in [0, 0.05) is 13.1 Å². The van der Waals surface area contributed by atoms with Crippen LogP contribution in [0, 0.1) is 0 Å². The van der Waals surface area contributed by atoms with Crippen molar-refractivity contribution >= 4 is 11.9 Å². The van der Waals surface area contributed by atoms with Crippen LogP contribution in [0.1, 0.15) is 6.92 Å². The molecule has 0 aromatic rings. The van der Waals surface area contributed by atoms with Crippen molar-refractivity contribution in [2.75, 3.05) is 19.6 Å². The largest absolute Gasteiger partial charge is 0.460 e. The van der Waals surface area contributed by atoms with Crippen LogP contribution in [0.3, 0.4) is 0 Å². The van der Waals surface area contributed by atoms with Gasteiger partial charge in [0.05, 0.1) is 6.54 Å². The molecule has 2 N–H and O–H groups in total. The molecule has 0 aromatic heterocycles. The average Bonchev–Trinajstić information content (AvgIpc) is 2.01. The summed E-state index contributed by atoms with van der Waals surface area (Å²) in [7, 11) is 0. The van der Waals surface area contributed by atoms with Crippen LogP contribution in [0.2, 0.25) is 0 Å². The van der Waals surface area contributed by atoms with Crippen LogP contribution in [0.15, 0.2) is 12.2 Å². The van der Waals surface area contributed by atoms with Gasteiger partial charge in [0.25, 0.3) is 0 Å². The van der Waals surface area contributed by atoms with E-state index in [9.17, 15) is 9.59 Å². The van der Waals surface area contributed by atoms with E-state index in [1.807, 2.05) is 11.8 Å². The van der Waals surface area contributed by atoms with E-state index in [-0.39, 0.29) is 18.6 Å². The fraction of sp³-hybridized carbons (Fsp3) is 0.556. The Balaban J connectivity index is 2.37. The predicted octanol–water partition coefficient (Wildman–Crippen LogP) is -0.725. The molecule has 14 heavy (non-hydrogen) atoms. The number of carbonyl (C=O) groups is 2. The summed E-state index contributed by atoms with van der Waals surface area (Å²) in [5.41, 5.74) is 4.93. The van der Waals surface area contributed by atoms with Gasteiger partial charge in [-0.1, -0.05) is 6.08 Å². The van der Waals surface area contributed by atoms with Crippen molar-refractivity contribution in [1.82, 2.24) is 4.90 Å². The van der Waals surface area contributed by atoms with Crippen molar-refractivity contribution in [3.05, 3.63) is 12.2 Å². The van der Waals surface area contributed by atoms with Crippen LogP contribution in [0.5, 0.6) is 0 Å². The maximum absolute atomic E-state index is 11.0. The van der Waals surface area contributed by atoms with Crippen LogP contribution in [-0.4, -0.2) is 42.5 Å². The van der Waals surface area contributed by atoms with Crippen molar-refractivity contribution in [3.8, 4) is 0 Å². The first kappa shape index (κ1) is 10.7. The van der Waals surface area contributed by atoms with E-state index in [4.69, 9.17) is 10.5 Å². The number of nitrogens with two attached hydrogens (primary N) is 1. The summed E-state index contributed by atoms with van der Waals surface area (Å²) in [6, 6.07) is 0. The highest BCUT2D eigenvalue weighted by atomic mass is 16.5. The predicted molar refractivity (Wildman–Crippen MR) is 50.3 cm³/mol. The quantitative estimate of drug-likeness (QED) is 0.479. The molecule has 0 saturated carbocycles. The first-order valence-corrected chi connectivity index (χ1v) is 4.45. The molecule has 0 unspecified atom stereocenters. The number of cyclic esters (lactones) is 1. The summed E-state index contributed by atoms with van der Waals surface area (Å²) in [4.78, 5) is 23.3. The van der Waals surface area contributed by atoms with Gasteiger partial charge in [-0.15, -0.1) is 0 Å². The maximum Gasteiger partial charge on any atom is 0.320 e. The fourth-order valence-corrected chi connectivity index (χ4v) is 1.37. The molecule has 1 saturated heterocycles. The Kier molecular flexibility index (Phi) is 3.64. The summed E-state index contributed by atoms with van der Waals surface area (Å²) < 4.78 is 4.95. The summed E-state index contributed by atoms with van der Waals surface area (Å²) in [6.07, 6.45) is 2.86. The summed E-state index contributed by atoms with van der Waals surface area (Å²) >= 11 is 0. The minimum atomic E-state index is -0.474. The SMILES string of the molecule is C[C@@H]1CN(CC=CC(N)=O)CC(=O)O1. The second-order valence-corrected chi connectivity index (χ2v) is 3.30. The molecule has 5 heteroatoms. The van der Waals surface area contributed by atoms with Crippen molar-refractivity contribution in [3.63, 3.8) is 0 Å². The van der Waals surface area contributed by atoms with Gasteiger partial charge in [0.2, 0.25) is 5.91 Å². The molecular formula is C9H14N2O3. The number of amides is 1. The van der Waals surface area contributed by atoms with Gasteiger partial charge in [-0.05, 0) is 13.0 Å². The molecule has 0 aliphatic carbocycles. The minimum Gasteiger partial charge on any atom is -0.460 e. The van der Waals surface area contributed by atoms with Gasteiger partial charge in [-0.2, -0.15) is 0 Å². The van der Waals surface area contributed by atoms with Crippen molar-refractivity contribution in [1.29, 1.82) is 0 Å². The number of morpholine rings is 1. The number of ether oxygens (including phenoxy) is 1. The van der Waals surface area contributed by atoms with E-state index < -0.39 is 5.91 Å². The zero-order chi connectivity index (χ0) is 10.6. The molecule has 0 bridgehead atoms. The van der Waals surface area contributed by atoms with Crippen LogP contribution >= 0.6 is 0 Å². The number of hydrogen-bond acceptors (Lipinski definition) is 4. The number of rotatable bonds is 3. The molecule has 0 spiro atoms. The van der Waals surface area contributed by atoms with Crippen molar-refractivity contribution in [2.45, 2.75) is 13.0 Å². The summed E-state index contributed by atoms with van der Waals surface area (Å²) in [6.45, 7) is 3.34. The Morgan fingerprint density at radius 2 is 2.50 bits per heavy atom. The molecule has 1 fully saturated rings. The van der Waals surface area contributed by atoms with Gasteiger partial charge in [-0.25, -0.2) is 0 Å².